The predicted molar refractivity (Wildman–Crippen MR) is 123 cm³/mol. The Balaban J connectivity index is 2.50. The summed E-state index contributed by atoms with van der Waals surface area (Å²) in [4.78, 5) is 24.0. The molecule has 0 aromatic carbocycles. The zero-order valence-electron chi connectivity index (χ0n) is 20.6. The molecule has 1 saturated heterocycles. The fraction of sp³-hybridized carbons (Fsp3) is 0.917. The zero-order valence-corrected chi connectivity index (χ0v) is 20.6. The number of esters is 2. The van der Waals surface area contributed by atoms with Crippen LogP contribution in [-0.2, 0) is 28.5 Å². The standard InChI is InChI=1S/C24H44O10/c1-3-5-6-7-8-9-10-11-13-20(27)33-17(15-31-19(26)12-4-2)16-32-24-23(30)22(29)21(28)18(14-25)34-24/h17-18,21-25,28-30H,3-16H2,1-2H3/t17-,18-,21+,22+,23-,24-/m1/s1. The van der Waals surface area contributed by atoms with E-state index < -0.39 is 55.4 Å². The molecule has 1 fully saturated rings. The lowest BCUT2D eigenvalue weighted by Crippen LogP contribution is -2.59. The molecule has 0 spiro atoms. The largest absolute Gasteiger partial charge is 0.462 e. The Morgan fingerprint density at radius 1 is 0.794 bits per heavy atom. The fourth-order valence-corrected chi connectivity index (χ4v) is 3.63. The summed E-state index contributed by atoms with van der Waals surface area (Å²) >= 11 is 0. The van der Waals surface area contributed by atoms with Gasteiger partial charge in [0, 0.05) is 12.8 Å². The van der Waals surface area contributed by atoms with Crippen LogP contribution >= 0.6 is 0 Å². The van der Waals surface area contributed by atoms with Gasteiger partial charge >= 0.3 is 11.9 Å². The Morgan fingerprint density at radius 3 is 2.06 bits per heavy atom. The SMILES string of the molecule is CCCCCCCCCCC(=O)O[C@H](COC(=O)CCC)CO[C@@H]1O[C@H](CO)[C@H](O)[C@H](O)[C@H]1O. The van der Waals surface area contributed by atoms with Crippen molar-refractivity contribution in [2.75, 3.05) is 19.8 Å². The highest BCUT2D eigenvalue weighted by Gasteiger charge is 2.44. The predicted octanol–water partition coefficient (Wildman–Crippen LogP) is 1.59. The number of carbonyl (C=O) groups excluding carboxylic acids is 2. The van der Waals surface area contributed by atoms with Crippen molar-refractivity contribution < 1.29 is 49.0 Å². The van der Waals surface area contributed by atoms with Crippen molar-refractivity contribution in [3.05, 3.63) is 0 Å². The van der Waals surface area contributed by atoms with E-state index >= 15 is 0 Å². The molecular formula is C24H44O10. The van der Waals surface area contributed by atoms with Gasteiger partial charge in [-0.3, -0.25) is 9.59 Å². The number of hydrogen-bond acceptors (Lipinski definition) is 10. The average molecular weight is 493 g/mol. The number of carbonyl (C=O) groups is 2. The van der Waals surface area contributed by atoms with Crippen LogP contribution in [0.25, 0.3) is 0 Å². The number of unbranched alkanes of at least 4 members (excludes halogenated alkanes) is 7. The van der Waals surface area contributed by atoms with Gasteiger partial charge in [0.05, 0.1) is 13.2 Å². The van der Waals surface area contributed by atoms with Gasteiger partial charge in [0.25, 0.3) is 0 Å². The van der Waals surface area contributed by atoms with Crippen LogP contribution < -0.4 is 0 Å². The Hall–Kier alpha value is -1.30. The molecule has 0 aliphatic carbocycles. The smallest absolute Gasteiger partial charge is 0.306 e. The highest BCUT2D eigenvalue weighted by molar-refractivity contribution is 5.70. The summed E-state index contributed by atoms with van der Waals surface area (Å²) in [5.41, 5.74) is 0. The molecule has 6 atom stereocenters. The van der Waals surface area contributed by atoms with Crippen molar-refractivity contribution in [1.29, 1.82) is 0 Å². The Morgan fingerprint density at radius 2 is 1.44 bits per heavy atom. The molecule has 1 aliphatic heterocycles. The molecule has 0 unspecified atom stereocenters. The van der Waals surface area contributed by atoms with Crippen molar-refractivity contribution in [2.45, 2.75) is 121 Å². The van der Waals surface area contributed by atoms with Crippen LogP contribution in [0.3, 0.4) is 0 Å². The topological polar surface area (TPSA) is 152 Å². The van der Waals surface area contributed by atoms with Crippen molar-refractivity contribution in [1.82, 2.24) is 0 Å². The van der Waals surface area contributed by atoms with Crippen LogP contribution in [0.15, 0.2) is 0 Å². The maximum Gasteiger partial charge on any atom is 0.306 e. The molecule has 1 heterocycles. The molecule has 10 nitrogen and oxygen atoms in total. The van der Waals surface area contributed by atoms with Gasteiger partial charge in [-0.2, -0.15) is 0 Å². The molecule has 0 aromatic rings. The van der Waals surface area contributed by atoms with Gasteiger partial charge in [-0.05, 0) is 12.8 Å². The Bertz CT molecular complexity index is 556. The van der Waals surface area contributed by atoms with Gasteiger partial charge < -0.3 is 39.4 Å². The summed E-state index contributed by atoms with van der Waals surface area (Å²) in [5, 5.41) is 39.1. The minimum absolute atomic E-state index is 0.223. The number of hydrogen-bond donors (Lipinski definition) is 4. The van der Waals surface area contributed by atoms with Crippen LogP contribution in [0.5, 0.6) is 0 Å². The second kappa shape index (κ2) is 18.0. The van der Waals surface area contributed by atoms with Crippen LogP contribution in [0.2, 0.25) is 0 Å². The highest BCUT2D eigenvalue weighted by atomic mass is 16.7. The molecule has 0 bridgehead atoms. The van der Waals surface area contributed by atoms with Gasteiger partial charge in [-0.15, -0.1) is 0 Å². The van der Waals surface area contributed by atoms with E-state index in [9.17, 15) is 30.0 Å². The number of aliphatic hydroxyl groups is 4. The molecule has 1 rings (SSSR count). The normalized spacial score (nSPS) is 25.6. The summed E-state index contributed by atoms with van der Waals surface area (Å²) in [7, 11) is 0. The monoisotopic (exact) mass is 492 g/mol. The van der Waals surface area contributed by atoms with Crippen LogP contribution in [-0.4, -0.2) is 89.0 Å². The van der Waals surface area contributed by atoms with Gasteiger partial charge in [-0.25, -0.2) is 0 Å². The van der Waals surface area contributed by atoms with Crippen molar-refractivity contribution in [3.8, 4) is 0 Å². The second-order valence-electron chi connectivity index (χ2n) is 8.80. The zero-order chi connectivity index (χ0) is 25.3. The Kier molecular flexibility index (Phi) is 16.3. The molecule has 0 radical (unpaired) electrons. The third-order valence-electron chi connectivity index (χ3n) is 5.71. The lowest BCUT2D eigenvalue weighted by Gasteiger charge is -2.39. The molecule has 0 amide bonds. The van der Waals surface area contributed by atoms with E-state index in [1.54, 1.807) is 0 Å². The maximum atomic E-state index is 12.3. The summed E-state index contributed by atoms with van der Waals surface area (Å²) in [6, 6.07) is 0. The van der Waals surface area contributed by atoms with Crippen LogP contribution in [0.1, 0.15) is 84.5 Å². The van der Waals surface area contributed by atoms with E-state index in [-0.39, 0.29) is 26.1 Å². The third-order valence-corrected chi connectivity index (χ3v) is 5.71. The summed E-state index contributed by atoms with van der Waals surface area (Å²) in [6.45, 7) is 2.94. The number of ether oxygens (including phenoxy) is 4. The molecule has 0 aromatic heterocycles. The van der Waals surface area contributed by atoms with E-state index in [1.807, 2.05) is 6.92 Å². The summed E-state index contributed by atoms with van der Waals surface area (Å²) in [6.07, 6.45) is 1.75. The first-order chi connectivity index (χ1) is 16.3. The fourth-order valence-electron chi connectivity index (χ4n) is 3.63. The third kappa shape index (κ3) is 11.9. The molecule has 1 aliphatic rings. The van der Waals surface area contributed by atoms with Crippen molar-refractivity contribution in [3.63, 3.8) is 0 Å². The molecule has 4 N–H and O–H groups in total. The van der Waals surface area contributed by atoms with Gasteiger partial charge in [0.2, 0.25) is 0 Å². The minimum atomic E-state index is -1.58. The maximum absolute atomic E-state index is 12.3. The first-order valence-corrected chi connectivity index (χ1v) is 12.6. The van der Waals surface area contributed by atoms with E-state index in [0.717, 1.165) is 19.3 Å². The molecule has 10 heteroatoms. The molecule has 0 saturated carbocycles. The van der Waals surface area contributed by atoms with Gasteiger partial charge in [0.15, 0.2) is 12.4 Å². The minimum Gasteiger partial charge on any atom is -0.462 e. The average Bonchev–Trinajstić information content (AvgIpc) is 2.82. The summed E-state index contributed by atoms with van der Waals surface area (Å²) < 4.78 is 21.3. The number of aliphatic hydroxyl groups excluding tert-OH is 4. The molecule has 200 valence electrons. The lowest BCUT2D eigenvalue weighted by atomic mass is 9.99. The first-order valence-electron chi connectivity index (χ1n) is 12.6. The second-order valence-corrected chi connectivity index (χ2v) is 8.80. The van der Waals surface area contributed by atoms with Gasteiger partial charge in [-0.1, -0.05) is 58.8 Å². The van der Waals surface area contributed by atoms with E-state index in [4.69, 9.17) is 18.9 Å². The van der Waals surface area contributed by atoms with E-state index in [1.165, 1.54) is 25.7 Å². The lowest BCUT2D eigenvalue weighted by molar-refractivity contribution is -0.305. The highest BCUT2D eigenvalue weighted by Crippen LogP contribution is 2.22. The molecular weight excluding hydrogens is 448 g/mol. The quantitative estimate of drug-likeness (QED) is 0.164. The van der Waals surface area contributed by atoms with Crippen molar-refractivity contribution >= 4 is 11.9 Å². The molecule has 34 heavy (non-hydrogen) atoms. The Labute approximate surface area is 202 Å². The first kappa shape index (κ1) is 30.7. The van der Waals surface area contributed by atoms with Crippen LogP contribution in [0, 0.1) is 0 Å². The summed E-state index contributed by atoms with van der Waals surface area (Å²) in [5.74, 6) is -0.876. The van der Waals surface area contributed by atoms with E-state index in [2.05, 4.69) is 6.92 Å². The van der Waals surface area contributed by atoms with Gasteiger partial charge in [0.1, 0.15) is 31.0 Å². The van der Waals surface area contributed by atoms with E-state index in [0.29, 0.717) is 12.8 Å². The van der Waals surface area contributed by atoms with Crippen molar-refractivity contribution in [2.24, 2.45) is 0 Å². The number of rotatable bonds is 18. The van der Waals surface area contributed by atoms with Crippen LogP contribution in [0.4, 0.5) is 0 Å².